The average Bonchev–Trinajstić information content (AvgIpc) is 2.69. The first-order chi connectivity index (χ1) is 13.4. The quantitative estimate of drug-likeness (QED) is 0.744. The van der Waals surface area contributed by atoms with Crippen LogP contribution in [0.5, 0.6) is 11.5 Å². The number of ether oxygens (including phenoxy) is 1. The van der Waals surface area contributed by atoms with E-state index in [2.05, 4.69) is 9.97 Å². The Morgan fingerprint density at radius 1 is 1.11 bits per heavy atom. The number of carbonyl (C=O) groups is 2. The van der Waals surface area contributed by atoms with E-state index in [4.69, 9.17) is 27.8 Å². The van der Waals surface area contributed by atoms with E-state index in [9.17, 15) is 9.59 Å². The number of piperazine rings is 1. The third-order valence-electron chi connectivity index (χ3n) is 4.31. The molecule has 0 unspecified atom stereocenters. The average molecular weight is 405 g/mol. The Hall–Kier alpha value is -3.07. The fourth-order valence-corrected chi connectivity index (χ4v) is 2.99. The summed E-state index contributed by atoms with van der Waals surface area (Å²) >= 11 is 5.90. The molecule has 28 heavy (non-hydrogen) atoms. The summed E-state index contributed by atoms with van der Waals surface area (Å²) in [6.07, 6.45) is 1.71. The van der Waals surface area contributed by atoms with Gasteiger partial charge in [-0.25, -0.2) is 4.98 Å². The van der Waals surface area contributed by atoms with Gasteiger partial charge < -0.3 is 26.0 Å². The predicted molar refractivity (Wildman–Crippen MR) is 105 cm³/mol. The molecule has 3 rings (SSSR count). The molecular weight excluding hydrogens is 384 g/mol. The van der Waals surface area contributed by atoms with Crippen molar-refractivity contribution in [3.8, 4) is 11.5 Å². The number of nitrogens with zero attached hydrogens (tertiary/aromatic N) is 4. The minimum absolute atomic E-state index is 0.0561. The third kappa shape index (κ3) is 5.01. The molecule has 9 nitrogen and oxygen atoms in total. The number of rotatable bonds is 6. The number of hydrogen-bond acceptors (Lipinski definition) is 7. The molecule has 10 heteroatoms. The molecule has 0 saturated carbocycles. The molecule has 2 aromatic rings. The van der Waals surface area contributed by atoms with E-state index in [0.717, 1.165) is 0 Å². The minimum atomic E-state index is -0.479. The van der Waals surface area contributed by atoms with Crippen molar-refractivity contribution in [1.29, 1.82) is 0 Å². The van der Waals surface area contributed by atoms with Gasteiger partial charge in [0.1, 0.15) is 5.75 Å². The fourth-order valence-electron chi connectivity index (χ4n) is 2.86. The number of primary amides is 1. The summed E-state index contributed by atoms with van der Waals surface area (Å²) in [5, 5.41) is 0.609. The van der Waals surface area contributed by atoms with Gasteiger partial charge in [-0.05, 0) is 24.3 Å². The number of hydrogen-bond donors (Lipinski definition) is 2. The Kier molecular flexibility index (Phi) is 6.15. The molecule has 2 heterocycles. The van der Waals surface area contributed by atoms with Crippen molar-refractivity contribution in [3.05, 3.63) is 35.5 Å². The number of benzene rings is 1. The summed E-state index contributed by atoms with van der Waals surface area (Å²) in [4.78, 5) is 35.0. The molecule has 0 bridgehead atoms. The summed E-state index contributed by atoms with van der Waals surface area (Å²) in [5.74, 6) is 1.19. The van der Waals surface area contributed by atoms with Crippen molar-refractivity contribution in [1.82, 2.24) is 14.9 Å². The predicted octanol–water partition coefficient (Wildman–Crippen LogP) is 1.42. The number of nitrogen functional groups attached to an aromatic ring is 1. The van der Waals surface area contributed by atoms with E-state index in [-0.39, 0.29) is 24.7 Å². The molecule has 1 aliphatic heterocycles. The van der Waals surface area contributed by atoms with Crippen LogP contribution in [0, 0.1) is 0 Å². The first kappa shape index (κ1) is 19.7. The van der Waals surface area contributed by atoms with Crippen molar-refractivity contribution in [2.75, 3.05) is 36.8 Å². The standard InChI is InChI=1S/C18H21ClN6O3/c19-12-1-3-13(4-2-12)28-14-11-22-18(21)23-17(14)25-9-7-24(8-10-25)16(27)6-5-15(20)26/h1-4,11H,5-10H2,(H2,20,26)(H2,21,22,23). The second kappa shape index (κ2) is 8.75. The molecule has 0 radical (unpaired) electrons. The fraction of sp³-hybridized carbons (Fsp3) is 0.333. The molecule has 0 atom stereocenters. The molecule has 1 aliphatic rings. The van der Waals surface area contributed by atoms with Gasteiger partial charge in [-0.3, -0.25) is 9.59 Å². The molecule has 148 valence electrons. The molecule has 0 aliphatic carbocycles. The zero-order chi connectivity index (χ0) is 20.1. The Labute approximate surface area is 167 Å². The van der Waals surface area contributed by atoms with Crippen LogP contribution in [-0.2, 0) is 9.59 Å². The van der Waals surface area contributed by atoms with Gasteiger partial charge in [-0.2, -0.15) is 4.98 Å². The number of amides is 2. The molecule has 1 aromatic carbocycles. The van der Waals surface area contributed by atoms with Crippen LogP contribution in [0.25, 0.3) is 0 Å². The number of carbonyl (C=O) groups excluding carboxylic acids is 2. The highest BCUT2D eigenvalue weighted by molar-refractivity contribution is 6.30. The summed E-state index contributed by atoms with van der Waals surface area (Å²) in [7, 11) is 0. The first-order valence-electron chi connectivity index (χ1n) is 8.79. The van der Waals surface area contributed by atoms with Gasteiger partial charge in [0.15, 0.2) is 11.6 Å². The smallest absolute Gasteiger partial charge is 0.223 e. The van der Waals surface area contributed by atoms with Crippen LogP contribution in [-0.4, -0.2) is 52.9 Å². The summed E-state index contributed by atoms with van der Waals surface area (Å²) in [5.41, 5.74) is 10.9. The zero-order valence-corrected chi connectivity index (χ0v) is 15.9. The van der Waals surface area contributed by atoms with Gasteiger partial charge in [0.25, 0.3) is 0 Å². The maximum Gasteiger partial charge on any atom is 0.223 e. The molecule has 4 N–H and O–H groups in total. The summed E-state index contributed by atoms with van der Waals surface area (Å²) in [6.45, 7) is 2.11. The first-order valence-corrected chi connectivity index (χ1v) is 9.17. The maximum atomic E-state index is 12.2. The lowest BCUT2D eigenvalue weighted by Gasteiger charge is -2.35. The summed E-state index contributed by atoms with van der Waals surface area (Å²) in [6, 6.07) is 6.95. The second-order valence-electron chi connectivity index (χ2n) is 6.31. The van der Waals surface area contributed by atoms with Gasteiger partial charge >= 0.3 is 0 Å². The van der Waals surface area contributed by atoms with Crippen molar-refractivity contribution in [3.63, 3.8) is 0 Å². The van der Waals surface area contributed by atoms with Crippen molar-refractivity contribution in [2.45, 2.75) is 12.8 Å². The largest absolute Gasteiger partial charge is 0.452 e. The monoisotopic (exact) mass is 404 g/mol. The van der Waals surface area contributed by atoms with Crippen molar-refractivity contribution in [2.24, 2.45) is 5.73 Å². The van der Waals surface area contributed by atoms with Gasteiger partial charge in [0.05, 0.1) is 6.20 Å². The van der Waals surface area contributed by atoms with Gasteiger partial charge in [0.2, 0.25) is 17.8 Å². The van der Waals surface area contributed by atoms with Crippen LogP contribution >= 0.6 is 11.6 Å². The summed E-state index contributed by atoms with van der Waals surface area (Å²) < 4.78 is 5.90. The minimum Gasteiger partial charge on any atom is -0.452 e. The Morgan fingerprint density at radius 2 is 1.79 bits per heavy atom. The van der Waals surface area contributed by atoms with E-state index in [1.807, 2.05) is 4.90 Å². The lowest BCUT2D eigenvalue weighted by molar-refractivity contribution is -0.133. The zero-order valence-electron chi connectivity index (χ0n) is 15.2. The molecule has 1 fully saturated rings. The number of nitrogens with two attached hydrogens (primary N) is 2. The number of halogens is 1. The molecule has 0 spiro atoms. The van der Waals surface area contributed by atoms with Crippen LogP contribution in [0.4, 0.5) is 11.8 Å². The Bertz CT molecular complexity index is 853. The van der Waals surface area contributed by atoms with E-state index in [1.54, 1.807) is 29.2 Å². The maximum absolute atomic E-state index is 12.2. The second-order valence-corrected chi connectivity index (χ2v) is 6.74. The Morgan fingerprint density at radius 3 is 2.43 bits per heavy atom. The molecule has 1 aromatic heterocycles. The van der Waals surface area contributed by atoms with E-state index >= 15 is 0 Å². The van der Waals surface area contributed by atoms with E-state index in [1.165, 1.54) is 6.20 Å². The van der Waals surface area contributed by atoms with Crippen LogP contribution < -0.4 is 21.1 Å². The highest BCUT2D eigenvalue weighted by Crippen LogP contribution is 2.31. The molecule has 1 saturated heterocycles. The van der Waals surface area contributed by atoms with Gasteiger partial charge in [-0.15, -0.1) is 0 Å². The third-order valence-corrected chi connectivity index (χ3v) is 4.57. The van der Waals surface area contributed by atoms with Crippen LogP contribution in [0.1, 0.15) is 12.8 Å². The van der Waals surface area contributed by atoms with Crippen LogP contribution in [0.3, 0.4) is 0 Å². The SMILES string of the molecule is NC(=O)CCC(=O)N1CCN(c2nc(N)ncc2Oc2ccc(Cl)cc2)CC1. The normalized spacial score (nSPS) is 14.0. The highest BCUT2D eigenvalue weighted by Gasteiger charge is 2.24. The Balaban J connectivity index is 1.68. The molecular formula is C18H21ClN6O3. The number of anilines is 2. The lowest BCUT2D eigenvalue weighted by Crippen LogP contribution is -2.49. The van der Waals surface area contributed by atoms with Crippen molar-refractivity contribution < 1.29 is 14.3 Å². The molecule has 2 amide bonds. The lowest BCUT2D eigenvalue weighted by atomic mass is 10.2. The highest BCUT2D eigenvalue weighted by atomic mass is 35.5. The van der Waals surface area contributed by atoms with E-state index in [0.29, 0.717) is 48.5 Å². The van der Waals surface area contributed by atoms with Crippen molar-refractivity contribution >= 4 is 35.2 Å². The van der Waals surface area contributed by atoms with Gasteiger partial charge in [0, 0.05) is 44.0 Å². The topological polar surface area (TPSA) is 128 Å². The van der Waals surface area contributed by atoms with Gasteiger partial charge in [-0.1, -0.05) is 11.6 Å². The van der Waals surface area contributed by atoms with Crippen LogP contribution in [0.15, 0.2) is 30.5 Å². The van der Waals surface area contributed by atoms with E-state index < -0.39 is 5.91 Å². The number of aromatic nitrogens is 2. The van der Waals surface area contributed by atoms with Crippen LogP contribution in [0.2, 0.25) is 5.02 Å².